The van der Waals surface area contributed by atoms with Gasteiger partial charge in [-0.05, 0) is 90.3 Å². The van der Waals surface area contributed by atoms with E-state index in [9.17, 15) is 0 Å². The fraction of sp³-hybridized carbons (Fsp3) is 0. The molecule has 0 aliphatic heterocycles. The molecule has 0 fully saturated rings. The predicted molar refractivity (Wildman–Crippen MR) is 234 cm³/mol. The van der Waals surface area contributed by atoms with E-state index in [4.69, 9.17) is 19.4 Å². The van der Waals surface area contributed by atoms with Crippen molar-refractivity contribution in [3.05, 3.63) is 188 Å². The SMILES string of the molecule is c1ccc(-c2nc(-c3cc(-c4ccc(-c5ccc6c7c(cccc57)-c5ccccc5-6)cc4)c4ccccc4c3)nc(-c3cccc4oc5ccccc5c34)n2)cc1. The molecule has 9 aromatic carbocycles. The molecule has 0 saturated carbocycles. The molecular formula is C53H31N3O. The molecule has 0 amide bonds. The summed E-state index contributed by atoms with van der Waals surface area (Å²) in [5.74, 6) is 1.83. The van der Waals surface area contributed by atoms with Crippen LogP contribution in [-0.4, -0.2) is 15.0 Å². The van der Waals surface area contributed by atoms with Gasteiger partial charge in [0.2, 0.25) is 0 Å². The van der Waals surface area contributed by atoms with Crippen LogP contribution in [0.4, 0.5) is 0 Å². The lowest BCUT2D eigenvalue weighted by molar-refractivity contribution is 0.669. The van der Waals surface area contributed by atoms with Gasteiger partial charge < -0.3 is 4.42 Å². The van der Waals surface area contributed by atoms with Gasteiger partial charge in [-0.1, -0.05) is 164 Å². The largest absolute Gasteiger partial charge is 0.456 e. The van der Waals surface area contributed by atoms with Gasteiger partial charge in [-0.25, -0.2) is 15.0 Å². The molecule has 1 aliphatic rings. The van der Waals surface area contributed by atoms with Crippen LogP contribution in [0.5, 0.6) is 0 Å². The Morgan fingerprint density at radius 1 is 0.281 bits per heavy atom. The van der Waals surface area contributed by atoms with Gasteiger partial charge in [0.15, 0.2) is 17.5 Å². The summed E-state index contributed by atoms with van der Waals surface area (Å²) in [4.78, 5) is 15.5. The van der Waals surface area contributed by atoms with Gasteiger partial charge in [-0.15, -0.1) is 0 Å². The number of para-hydroxylation sites is 1. The minimum Gasteiger partial charge on any atom is -0.456 e. The average Bonchev–Trinajstić information content (AvgIpc) is 3.83. The van der Waals surface area contributed by atoms with Crippen LogP contribution in [0.1, 0.15) is 0 Å². The summed E-state index contributed by atoms with van der Waals surface area (Å²) < 4.78 is 6.27. The van der Waals surface area contributed by atoms with Crippen LogP contribution in [0, 0.1) is 0 Å². The molecule has 1 aliphatic carbocycles. The molecule has 264 valence electrons. The fourth-order valence-corrected chi connectivity index (χ4v) is 8.87. The van der Waals surface area contributed by atoms with Crippen molar-refractivity contribution in [3.63, 3.8) is 0 Å². The molecule has 0 N–H and O–H groups in total. The average molecular weight is 726 g/mol. The summed E-state index contributed by atoms with van der Waals surface area (Å²) in [7, 11) is 0. The second kappa shape index (κ2) is 12.4. The number of nitrogens with zero attached hydrogens (tertiary/aromatic N) is 3. The molecule has 0 atom stereocenters. The molecule has 0 saturated heterocycles. The topological polar surface area (TPSA) is 51.8 Å². The van der Waals surface area contributed by atoms with Crippen molar-refractivity contribution < 1.29 is 4.42 Å². The molecule has 2 aromatic heterocycles. The van der Waals surface area contributed by atoms with E-state index in [1.807, 2.05) is 60.7 Å². The zero-order valence-electron chi connectivity index (χ0n) is 30.6. The number of fused-ring (bicyclic) bond motifs is 7. The molecule has 0 spiro atoms. The molecule has 11 aromatic rings. The first-order valence-electron chi connectivity index (χ1n) is 19.3. The Bertz CT molecular complexity index is 3370. The third kappa shape index (κ3) is 4.98. The van der Waals surface area contributed by atoms with Crippen molar-refractivity contribution in [2.75, 3.05) is 0 Å². The lowest BCUT2D eigenvalue weighted by Crippen LogP contribution is -2.00. The Hall–Kier alpha value is -7.69. The lowest BCUT2D eigenvalue weighted by atomic mass is 9.91. The lowest BCUT2D eigenvalue weighted by Gasteiger charge is -2.14. The first-order valence-corrected chi connectivity index (χ1v) is 19.3. The van der Waals surface area contributed by atoms with E-state index >= 15 is 0 Å². The van der Waals surface area contributed by atoms with Gasteiger partial charge >= 0.3 is 0 Å². The van der Waals surface area contributed by atoms with Crippen LogP contribution in [0.25, 0.3) is 122 Å². The highest BCUT2D eigenvalue weighted by molar-refractivity contribution is 6.18. The summed E-state index contributed by atoms with van der Waals surface area (Å²) in [5, 5.41) is 6.93. The van der Waals surface area contributed by atoms with Crippen LogP contribution in [0.3, 0.4) is 0 Å². The molecule has 0 bridgehead atoms. The normalized spacial score (nSPS) is 11.9. The predicted octanol–water partition coefficient (Wildman–Crippen LogP) is 14.1. The molecule has 2 heterocycles. The third-order valence-electron chi connectivity index (χ3n) is 11.5. The molecule has 0 unspecified atom stereocenters. The van der Waals surface area contributed by atoms with Gasteiger partial charge in [0.25, 0.3) is 0 Å². The first-order chi connectivity index (χ1) is 28.2. The summed E-state index contributed by atoms with van der Waals surface area (Å²) in [6.07, 6.45) is 0. The quantitative estimate of drug-likeness (QED) is 0.177. The standard InChI is InChI=1S/C53H31N3O/c1-2-12-34(13-3-1)51-54-52(56-53(55-51)45-21-11-23-48-50(45)44-18-8-9-22-47(44)57-48)36-30-35-14-4-5-15-37(35)46(31-36)33-26-24-32(25-27-33)38-28-29-43-40-17-7-6-16-39(40)42-20-10-19-41(38)49(42)43/h1-31H. The van der Waals surface area contributed by atoms with E-state index in [1.54, 1.807) is 0 Å². The van der Waals surface area contributed by atoms with E-state index in [1.165, 1.54) is 49.5 Å². The Morgan fingerprint density at radius 2 is 0.842 bits per heavy atom. The molecule has 4 nitrogen and oxygen atoms in total. The Kier molecular flexibility index (Phi) is 6.89. The zero-order valence-corrected chi connectivity index (χ0v) is 30.6. The van der Waals surface area contributed by atoms with Gasteiger partial charge in [-0.3, -0.25) is 0 Å². The second-order valence-electron chi connectivity index (χ2n) is 14.7. The van der Waals surface area contributed by atoms with Gasteiger partial charge in [0.05, 0.1) is 0 Å². The highest BCUT2D eigenvalue weighted by Crippen LogP contribution is 2.49. The monoisotopic (exact) mass is 725 g/mol. The summed E-state index contributed by atoms with van der Waals surface area (Å²) in [6, 6.07) is 66.4. The Labute approximate surface area is 328 Å². The van der Waals surface area contributed by atoms with Gasteiger partial charge in [0, 0.05) is 27.5 Å². The molecule has 0 radical (unpaired) electrons. The molecule has 57 heavy (non-hydrogen) atoms. The van der Waals surface area contributed by atoms with Crippen LogP contribution >= 0.6 is 0 Å². The Balaban J connectivity index is 1.01. The summed E-state index contributed by atoms with van der Waals surface area (Å²) in [6.45, 7) is 0. The smallest absolute Gasteiger partial charge is 0.164 e. The zero-order chi connectivity index (χ0) is 37.5. The van der Waals surface area contributed by atoms with Gasteiger partial charge in [-0.2, -0.15) is 0 Å². The van der Waals surface area contributed by atoms with E-state index in [0.29, 0.717) is 17.5 Å². The maximum atomic E-state index is 6.27. The minimum absolute atomic E-state index is 0.600. The van der Waals surface area contributed by atoms with Crippen molar-refractivity contribution in [3.8, 4) is 78.7 Å². The number of hydrogen-bond acceptors (Lipinski definition) is 4. The second-order valence-corrected chi connectivity index (χ2v) is 14.7. The van der Waals surface area contributed by atoms with E-state index in [-0.39, 0.29) is 0 Å². The van der Waals surface area contributed by atoms with Crippen LogP contribution < -0.4 is 0 Å². The number of benzene rings is 9. The Morgan fingerprint density at radius 3 is 1.67 bits per heavy atom. The maximum Gasteiger partial charge on any atom is 0.164 e. The fourth-order valence-electron chi connectivity index (χ4n) is 8.87. The molecule has 12 rings (SSSR count). The van der Waals surface area contributed by atoms with Crippen molar-refractivity contribution >= 4 is 43.5 Å². The van der Waals surface area contributed by atoms with Crippen molar-refractivity contribution in [2.24, 2.45) is 0 Å². The van der Waals surface area contributed by atoms with Crippen LogP contribution in [0.15, 0.2) is 192 Å². The summed E-state index contributed by atoms with van der Waals surface area (Å²) >= 11 is 0. The number of rotatable bonds is 5. The molecular weight excluding hydrogens is 695 g/mol. The van der Waals surface area contributed by atoms with Crippen LogP contribution in [-0.2, 0) is 0 Å². The van der Waals surface area contributed by atoms with Crippen LogP contribution in [0.2, 0.25) is 0 Å². The van der Waals surface area contributed by atoms with Crippen molar-refractivity contribution in [2.45, 2.75) is 0 Å². The van der Waals surface area contributed by atoms with E-state index in [2.05, 4.69) is 127 Å². The van der Waals surface area contributed by atoms with Crippen molar-refractivity contribution in [1.82, 2.24) is 15.0 Å². The number of furan rings is 1. The highest BCUT2D eigenvalue weighted by atomic mass is 16.3. The van der Waals surface area contributed by atoms with Gasteiger partial charge in [0.1, 0.15) is 11.2 Å². The van der Waals surface area contributed by atoms with Crippen molar-refractivity contribution in [1.29, 1.82) is 0 Å². The number of aromatic nitrogens is 3. The first kappa shape index (κ1) is 31.6. The van der Waals surface area contributed by atoms with E-state index < -0.39 is 0 Å². The number of hydrogen-bond donors (Lipinski definition) is 0. The van der Waals surface area contributed by atoms with E-state index in [0.717, 1.165) is 55.1 Å². The third-order valence-corrected chi connectivity index (χ3v) is 11.5. The highest BCUT2D eigenvalue weighted by Gasteiger charge is 2.23. The summed E-state index contributed by atoms with van der Waals surface area (Å²) in [5.41, 5.74) is 14.3. The maximum absolute atomic E-state index is 6.27. The minimum atomic E-state index is 0.600. The molecule has 4 heteroatoms.